The molecule has 0 aromatic carbocycles. The molecule has 0 unspecified atom stereocenters. The van der Waals surface area contributed by atoms with Crippen molar-refractivity contribution in [2.45, 2.75) is 18.9 Å². The molecule has 1 fully saturated rings. The molecule has 0 radical (unpaired) electrons. The molecule has 2 rings (SSSR count). The van der Waals surface area contributed by atoms with E-state index >= 15 is 0 Å². The van der Waals surface area contributed by atoms with Gasteiger partial charge < -0.3 is 5.11 Å². The summed E-state index contributed by atoms with van der Waals surface area (Å²) in [4.78, 5) is 24.2. The minimum atomic E-state index is -1.36. The predicted octanol–water partition coefficient (Wildman–Crippen LogP) is -0.535. The van der Waals surface area contributed by atoms with Gasteiger partial charge in [-0.25, -0.2) is 4.79 Å². The maximum Gasteiger partial charge on any atom is 0.331 e. The van der Waals surface area contributed by atoms with Gasteiger partial charge in [-0.1, -0.05) is 0 Å². The topological polar surface area (TPSA) is 92.2 Å². The first-order chi connectivity index (χ1) is 8.00. The van der Waals surface area contributed by atoms with Gasteiger partial charge in [0.15, 0.2) is 0 Å². The Hall–Kier alpha value is -1.44. The Labute approximate surface area is 97.6 Å². The van der Waals surface area contributed by atoms with Gasteiger partial charge in [0.1, 0.15) is 0 Å². The summed E-state index contributed by atoms with van der Waals surface area (Å²) in [6, 6.07) is -0.424. The standard InChI is InChI=1S/C9H11FN2O4S/c10-6-7(13)11-9(15)12(8(6)14)5-1-3-17(16)4-2-5/h5,14H,1-4H2,(H,11,13,15). The summed E-state index contributed by atoms with van der Waals surface area (Å²) in [6.07, 6.45) is 0.817. The third-order valence-corrected chi connectivity index (χ3v) is 4.17. The quantitative estimate of drug-likeness (QED) is 0.711. The van der Waals surface area contributed by atoms with Crippen LogP contribution in [-0.2, 0) is 10.8 Å². The summed E-state index contributed by atoms with van der Waals surface area (Å²) in [5, 5.41) is 9.47. The van der Waals surface area contributed by atoms with Crippen LogP contribution in [0.2, 0.25) is 0 Å². The molecule has 1 aliphatic heterocycles. The Balaban J connectivity index is 2.46. The molecule has 8 heteroatoms. The first-order valence-electron chi connectivity index (χ1n) is 5.09. The van der Waals surface area contributed by atoms with Crippen LogP contribution in [0.3, 0.4) is 0 Å². The van der Waals surface area contributed by atoms with Crippen molar-refractivity contribution in [1.82, 2.24) is 9.55 Å². The Bertz CT molecular complexity index is 569. The third-order valence-electron chi connectivity index (χ3n) is 2.79. The van der Waals surface area contributed by atoms with Crippen molar-refractivity contribution < 1.29 is 13.7 Å². The van der Waals surface area contributed by atoms with Crippen LogP contribution in [0.4, 0.5) is 4.39 Å². The van der Waals surface area contributed by atoms with Crippen molar-refractivity contribution >= 4 is 10.8 Å². The second-order valence-electron chi connectivity index (χ2n) is 3.85. The van der Waals surface area contributed by atoms with Crippen LogP contribution in [-0.4, -0.2) is 30.4 Å². The Morgan fingerprint density at radius 1 is 1.35 bits per heavy atom. The SMILES string of the molecule is O=c1[nH]c(=O)n(C2CCS(=O)CC2)c(O)c1F. The number of H-pyrrole nitrogens is 1. The fraction of sp³-hybridized carbons (Fsp3) is 0.556. The predicted molar refractivity (Wildman–Crippen MR) is 59.1 cm³/mol. The maximum absolute atomic E-state index is 13.2. The van der Waals surface area contributed by atoms with Crippen LogP contribution in [0.15, 0.2) is 9.59 Å². The lowest BCUT2D eigenvalue weighted by molar-refractivity contribution is 0.320. The zero-order valence-electron chi connectivity index (χ0n) is 8.81. The molecule has 17 heavy (non-hydrogen) atoms. The monoisotopic (exact) mass is 262 g/mol. The molecule has 0 amide bonds. The average molecular weight is 262 g/mol. The van der Waals surface area contributed by atoms with Crippen LogP contribution in [0.25, 0.3) is 0 Å². The lowest BCUT2D eigenvalue weighted by atomic mass is 10.1. The van der Waals surface area contributed by atoms with Crippen molar-refractivity contribution in [3.63, 3.8) is 0 Å². The third kappa shape index (κ3) is 2.17. The highest BCUT2D eigenvalue weighted by atomic mass is 32.2. The average Bonchev–Trinajstić information content (AvgIpc) is 2.29. The zero-order valence-corrected chi connectivity index (χ0v) is 9.63. The number of aromatic nitrogens is 2. The van der Waals surface area contributed by atoms with Crippen molar-refractivity contribution in [2.75, 3.05) is 11.5 Å². The number of hydrogen-bond donors (Lipinski definition) is 2. The van der Waals surface area contributed by atoms with E-state index in [1.54, 1.807) is 4.98 Å². The first kappa shape index (κ1) is 12.0. The first-order valence-corrected chi connectivity index (χ1v) is 6.57. The number of rotatable bonds is 1. The molecule has 2 N–H and O–H groups in total. The van der Waals surface area contributed by atoms with Gasteiger partial charge in [-0.3, -0.25) is 18.6 Å². The number of nitrogens with one attached hydrogen (secondary N) is 1. The smallest absolute Gasteiger partial charge is 0.331 e. The zero-order chi connectivity index (χ0) is 12.6. The second-order valence-corrected chi connectivity index (χ2v) is 5.54. The number of nitrogens with zero attached hydrogens (tertiary/aromatic N) is 1. The minimum absolute atomic E-state index is 0.400. The number of halogens is 1. The van der Waals surface area contributed by atoms with E-state index in [4.69, 9.17) is 0 Å². The van der Waals surface area contributed by atoms with E-state index in [2.05, 4.69) is 0 Å². The van der Waals surface area contributed by atoms with Crippen molar-refractivity contribution in [2.24, 2.45) is 0 Å². The van der Waals surface area contributed by atoms with E-state index in [0.717, 1.165) is 4.57 Å². The molecular weight excluding hydrogens is 251 g/mol. The summed E-state index contributed by atoms with van der Waals surface area (Å²) >= 11 is 0. The lowest BCUT2D eigenvalue weighted by Gasteiger charge is -2.23. The van der Waals surface area contributed by atoms with Crippen molar-refractivity contribution in [3.8, 4) is 5.88 Å². The summed E-state index contributed by atoms with van der Waals surface area (Å²) in [5.41, 5.74) is -2.07. The van der Waals surface area contributed by atoms with Gasteiger partial charge in [0.05, 0.1) is 0 Å². The Morgan fingerprint density at radius 3 is 2.53 bits per heavy atom. The normalized spacial score (nSPS) is 24.8. The van der Waals surface area contributed by atoms with Gasteiger partial charge in [0.2, 0.25) is 11.7 Å². The molecule has 94 valence electrons. The largest absolute Gasteiger partial charge is 0.492 e. The van der Waals surface area contributed by atoms with Gasteiger partial charge in [-0.05, 0) is 12.8 Å². The van der Waals surface area contributed by atoms with Gasteiger partial charge in [0, 0.05) is 28.3 Å². The van der Waals surface area contributed by atoms with Crippen LogP contribution >= 0.6 is 0 Å². The minimum Gasteiger partial charge on any atom is -0.492 e. The summed E-state index contributed by atoms with van der Waals surface area (Å²) in [5.74, 6) is -1.51. The molecule has 0 bridgehead atoms. The number of hydrogen-bond acceptors (Lipinski definition) is 4. The van der Waals surface area contributed by atoms with E-state index in [0.29, 0.717) is 24.3 Å². The molecular formula is C9H11FN2O4S. The molecule has 1 saturated heterocycles. The van der Waals surface area contributed by atoms with Crippen LogP contribution < -0.4 is 11.2 Å². The van der Waals surface area contributed by atoms with E-state index in [1.807, 2.05) is 0 Å². The molecule has 6 nitrogen and oxygen atoms in total. The fourth-order valence-electron chi connectivity index (χ4n) is 1.89. The summed E-state index contributed by atoms with van der Waals surface area (Å²) < 4.78 is 25.2. The van der Waals surface area contributed by atoms with Gasteiger partial charge in [0.25, 0.3) is 5.56 Å². The summed E-state index contributed by atoms with van der Waals surface area (Å²) in [7, 11) is -0.920. The number of aromatic amines is 1. The van der Waals surface area contributed by atoms with Crippen LogP contribution in [0, 0.1) is 5.82 Å². The molecule has 2 heterocycles. The highest BCUT2D eigenvalue weighted by Gasteiger charge is 2.25. The number of aromatic hydroxyl groups is 1. The molecule has 0 spiro atoms. The Kier molecular flexibility index (Phi) is 3.14. The lowest BCUT2D eigenvalue weighted by Crippen LogP contribution is -2.36. The van der Waals surface area contributed by atoms with Crippen molar-refractivity contribution in [3.05, 3.63) is 26.7 Å². The maximum atomic E-state index is 13.2. The molecule has 1 aromatic rings. The van der Waals surface area contributed by atoms with Gasteiger partial charge >= 0.3 is 5.69 Å². The van der Waals surface area contributed by atoms with Gasteiger partial charge in [-0.15, -0.1) is 0 Å². The van der Waals surface area contributed by atoms with Crippen molar-refractivity contribution in [1.29, 1.82) is 0 Å². The van der Waals surface area contributed by atoms with E-state index in [9.17, 15) is 23.3 Å². The summed E-state index contributed by atoms with van der Waals surface area (Å²) in [6.45, 7) is 0. The fourth-order valence-corrected chi connectivity index (χ4v) is 3.17. The highest BCUT2D eigenvalue weighted by Crippen LogP contribution is 2.24. The molecule has 1 aromatic heterocycles. The van der Waals surface area contributed by atoms with Gasteiger partial charge in [-0.2, -0.15) is 4.39 Å². The highest BCUT2D eigenvalue weighted by molar-refractivity contribution is 7.85. The van der Waals surface area contributed by atoms with E-state index in [1.165, 1.54) is 0 Å². The Morgan fingerprint density at radius 2 is 1.94 bits per heavy atom. The van der Waals surface area contributed by atoms with E-state index < -0.39 is 39.8 Å². The molecule has 0 aliphatic carbocycles. The molecule has 1 aliphatic rings. The molecule has 0 saturated carbocycles. The van der Waals surface area contributed by atoms with E-state index in [-0.39, 0.29) is 0 Å². The second kappa shape index (κ2) is 4.44. The van der Waals surface area contributed by atoms with Crippen LogP contribution in [0.1, 0.15) is 18.9 Å². The molecule has 0 atom stereocenters. The van der Waals surface area contributed by atoms with Crippen LogP contribution in [0.5, 0.6) is 5.88 Å².